The van der Waals surface area contributed by atoms with Crippen LogP contribution in [0.15, 0.2) is 54.9 Å². The summed E-state index contributed by atoms with van der Waals surface area (Å²) >= 11 is 0. The Labute approximate surface area is 262 Å². The van der Waals surface area contributed by atoms with Gasteiger partial charge in [-0.15, -0.1) is 0 Å². The zero-order valence-electron chi connectivity index (χ0n) is 25.8. The van der Waals surface area contributed by atoms with Crippen LogP contribution >= 0.6 is 0 Å². The van der Waals surface area contributed by atoms with Crippen molar-refractivity contribution in [3.63, 3.8) is 0 Å². The predicted octanol–water partition coefficient (Wildman–Crippen LogP) is 3.70. The van der Waals surface area contributed by atoms with Gasteiger partial charge < -0.3 is 14.7 Å². The van der Waals surface area contributed by atoms with E-state index in [1.54, 1.807) is 11.0 Å². The summed E-state index contributed by atoms with van der Waals surface area (Å²) < 4.78 is 1.70. The van der Waals surface area contributed by atoms with E-state index in [0.29, 0.717) is 32.7 Å². The van der Waals surface area contributed by atoms with E-state index in [1.165, 1.54) is 24.0 Å². The highest BCUT2D eigenvalue weighted by Gasteiger charge is 2.51. The second-order valence-corrected chi connectivity index (χ2v) is 13.1. The number of benzene rings is 2. The minimum atomic E-state index is -0.407. The van der Waals surface area contributed by atoms with Crippen LogP contribution in [0.3, 0.4) is 0 Å². The molecule has 2 aromatic carbocycles. The van der Waals surface area contributed by atoms with Crippen LogP contribution in [0.25, 0.3) is 27.9 Å². The first-order valence-corrected chi connectivity index (χ1v) is 16.2. The number of rotatable bonds is 6. The van der Waals surface area contributed by atoms with E-state index in [9.17, 15) is 9.59 Å². The number of amides is 2. The quantitative estimate of drug-likeness (QED) is 0.357. The lowest BCUT2D eigenvalue weighted by molar-refractivity contribution is -0.132. The van der Waals surface area contributed by atoms with Gasteiger partial charge in [0.1, 0.15) is 6.33 Å². The summed E-state index contributed by atoms with van der Waals surface area (Å²) in [5.74, 6) is 2.04. The Kier molecular flexibility index (Phi) is 6.93. The van der Waals surface area contributed by atoms with Crippen molar-refractivity contribution in [2.45, 2.75) is 32.1 Å². The highest BCUT2D eigenvalue weighted by atomic mass is 16.2. The number of hydrogen-bond donors (Lipinski definition) is 1. The first-order valence-electron chi connectivity index (χ1n) is 16.2. The molecule has 1 N–H and O–H groups in total. The Hall–Kier alpha value is -4.51. The molecule has 1 atom stereocenters. The van der Waals surface area contributed by atoms with Crippen LogP contribution in [0.5, 0.6) is 0 Å². The van der Waals surface area contributed by atoms with Gasteiger partial charge in [0.05, 0.1) is 17.5 Å². The lowest BCUT2D eigenvalue weighted by atomic mass is 9.85. The standard InChI is InChI=1S/C34H39N9O2/c1-39-23-35-31(38-39)26-6-4-24(5-7-26)25-10-16-41(17-11-25)30(44)21-40-18-12-34(22-40)13-19-43(33(34)45)27-8-9-29-28(20-27)32(37-36-29)42-14-2-3-15-42/h4-10,20,23H,2-3,11-19,21-22H2,1H3,(H,36,37)/t34-/m0/s1. The van der Waals surface area contributed by atoms with Gasteiger partial charge in [0.15, 0.2) is 11.6 Å². The normalized spacial score (nSPS) is 22.4. The number of carbonyl (C=O) groups excluding carboxylic acids is 2. The lowest BCUT2D eigenvalue weighted by Crippen LogP contribution is -2.43. The third-order valence-electron chi connectivity index (χ3n) is 10.2. The molecule has 0 aliphatic carbocycles. The van der Waals surface area contributed by atoms with Crippen molar-refractivity contribution in [3.05, 3.63) is 60.4 Å². The zero-order chi connectivity index (χ0) is 30.5. The molecule has 1 spiro atoms. The summed E-state index contributed by atoms with van der Waals surface area (Å²) in [6, 6.07) is 14.5. The molecule has 11 nitrogen and oxygen atoms in total. The van der Waals surface area contributed by atoms with E-state index in [2.05, 4.69) is 66.5 Å². The predicted molar refractivity (Wildman–Crippen MR) is 174 cm³/mol. The molecule has 6 heterocycles. The number of aromatic amines is 1. The number of hydrogen-bond acceptors (Lipinski definition) is 7. The third kappa shape index (κ3) is 5.08. The van der Waals surface area contributed by atoms with E-state index in [4.69, 9.17) is 0 Å². The molecule has 232 valence electrons. The smallest absolute Gasteiger partial charge is 0.237 e. The first kappa shape index (κ1) is 28.0. The van der Waals surface area contributed by atoms with E-state index in [0.717, 1.165) is 72.7 Å². The lowest BCUT2D eigenvalue weighted by Gasteiger charge is -2.29. The molecule has 4 aromatic rings. The van der Waals surface area contributed by atoms with E-state index in [-0.39, 0.29) is 11.8 Å². The number of nitrogens with zero attached hydrogens (tertiary/aromatic N) is 8. The van der Waals surface area contributed by atoms with Gasteiger partial charge in [-0.05, 0) is 68.0 Å². The summed E-state index contributed by atoms with van der Waals surface area (Å²) in [6.07, 6.45) is 8.71. The van der Waals surface area contributed by atoms with Gasteiger partial charge >= 0.3 is 0 Å². The Bertz CT molecular complexity index is 1780. The summed E-state index contributed by atoms with van der Waals surface area (Å²) in [7, 11) is 1.86. The largest absolute Gasteiger partial charge is 0.355 e. The molecular weight excluding hydrogens is 566 g/mol. The Morgan fingerprint density at radius 2 is 1.78 bits per heavy atom. The van der Waals surface area contributed by atoms with Crippen molar-refractivity contribution < 1.29 is 9.59 Å². The van der Waals surface area contributed by atoms with Crippen molar-refractivity contribution >= 4 is 39.8 Å². The minimum absolute atomic E-state index is 0.140. The van der Waals surface area contributed by atoms with E-state index < -0.39 is 5.41 Å². The Morgan fingerprint density at radius 3 is 2.53 bits per heavy atom. The summed E-state index contributed by atoms with van der Waals surface area (Å²) in [4.78, 5) is 40.0. The van der Waals surface area contributed by atoms with Crippen LogP contribution in [-0.2, 0) is 16.6 Å². The Balaban J connectivity index is 0.883. The first-order chi connectivity index (χ1) is 22.0. The van der Waals surface area contributed by atoms with Crippen molar-refractivity contribution in [1.29, 1.82) is 0 Å². The SMILES string of the molecule is Cn1cnc(-c2ccc(C3=CCN(C(=O)CN4CC[C@]5(CCN(c6ccc7[nH]nc(N8CCCC8)c7c6)C5=O)C4)CC3)cc2)n1. The number of aryl methyl sites for hydroxylation is 1. The number of anilines is 2. The topological polar surface area (TPSA) is 106 Å². The van der Waals surface area contributed by atoms with Crippen LogP contribution in [0.4, 0.5) is 11.5 Å². The van der Waals surface area contributed by atoms with Crippen molar-refractivity contribution in [1.82, 2.24) is 34.8 Å². The highest BCUT2D eigenvalue weighted by molar-refractivity contribution is 6.03. The van der Waals surface area contributed by atoms with Crippen molar-refractivity contribution in [2.75, 3.05) is 62.2 Å². The maximum absolute atomic E-state index is 13.9. The van der Waals surface area contributed by atoms with E-state index >= 15 is 0 Å². The van der Waals surface area contributed by atoms with Crippen LogP contribution < -0.4 is 9.80 Å². The molecule has 0 radical (unpaired) electrons. The molecule has 0 unspecified atom stereocenters. The van der Waals surface area contributed by atoms with Crippen LogP contribution in [0.1, 0.15) is 37.7 Å². The molecule has 11 heteroatoms. The number of H-pyrrole nitrogens is 1. The number of carbonyl (C=O) groups is 2. The van der Waals surface area contributed by atoms with Gasteiger partial charge in [-0.1, -0.05) is 30.3 Å². The second-order valence-electron chi connectivity index (χ2n) is 13.1. The molecule has 4 aliphatic rings. The molecule has 2 aromatic heterocycles. The minimum Gasteiger partial charge on any atom is -0.355 e. The number of fused-ring (bicyclic) bond motifs is 1. The van der Waals surface area contributed by atoms with Crippen molar-refractivity contribution in [2.24, 2.45) is 12.5 Å². The molecule has 45 heavy (non-hydrogen) atoms. The monoisotopic (exact) mass is 605 g/mol. The summed E-state index contributed by atoms with van der Waals surface area (Å²) in [5, 5.41) is 13.2. The van der Waals surface area contributed by atoms with Crippen molar-refractivity contribution in [3.8, 4) is 11.4 Å². The fourth-order valence-electron chi connectivity index (χ4n) is 7.62. The highest BCUT2D eigenvalue weighted by Crippen LogP contribution is 2.43. The molecular formula is C34H39N9O2. The number of nitrogens with one attached hydrogen (secondary N) is 1. The van der Waals surface area contributed by atoms with Crippen LogP contribution in [0.2, 0.25) is 0 Å². The fourth-order valence-corrected chi connectivity index (χ4v) is 7.62. The average Bonchev–Trinajstić information content (AvgIpc) is 3.91. The Morgan fingerprint density at radius 1 is 0.978 bits per heavy atom. The summed E-state index contributed by atoms with van der Waals surface area (Å²) in [6.45, 7) is 5.86. The second kappa shape index (κ2) is 11.1. The molecule has 3 saturated heterocycles. The van der Waals surface area contributed by atoms with Gasteiger partial charge in [0.25, 0.3) is 0 Å². The molecule has 2 amide bonds. The molecule has 0 saturated carbocycles. The average molecular weight is 606 g/mol. The molecule has 8 rings (SSSR count). The van der Waals surface area contributed by atoms with Gasteiger partial charge in [-0.25, -0.2) is 4.98 Å². The molecule has 0 bridgehead atoms. The maximum atomic E-state index is 13.9. The van der Waals surface area contributed by atoms with Crippen LogP contribution in [0, 0.1) is 5.41 Å². The van der Waals surface area contributed by atoms with Crippen LogP contribution in [-0.4, -0.2) is 98.9 Å². The van der Waals surface area contributed by atoms with Gasteiger partial charge in [-0.3, -0.25) is 24.3 Å². The number of likely N-dealkylation sites (tertiary alicyclic amines) is 1. The van der Waals surface area contributed by atoms with Gasteiger partial charge in [-0.2, -0.15) is 10.2 Å². The van der Waals surface area contributed by atoms with E-state index in [1.807, 2.05) is 29.0 Å². The molecule has 4 aliphatic heterocycles. The number of aromatic nitrogens is 5. The molecule has 3 fully saturated rings. The third-order valence-corrected chi connectivity index (χ3v) is 10.2. The summed E-state index contributed by atoms with van der Waals surface area (Å²) in [5.41, 5.74) is 4.97. The van der Waals surface area contributed by atoms with Gasteiger partial charge in [0, 0.05) is 63.0 Å². The van der Waals surface area contributed by atoms with Gasteiger partial charge in [0.2, 0.25) is 11.8 Å². The maximum Gasteiger partial charge on any atom is 0.237 e. The zero-order valence-corrected chi connectivity index (χ0v) is 25.8. The fraction of sp³-hybridized carbons (Fsp3) is 0.441.